The first-order valence-electron chi connectivity index (χ1n) is 6.26. The molecular weight excluding hydrogens is 272 g/mol. The zero-order valence-corrected chi connectivity index (χ0v) is 11.0. The molecular formula is C13H12N6O2. The fraction of sp³-hybridized carbons (Fsp3) is 0.154. The summed E-state index contributed by atoms with van der Waals surface area (Å²) in [6.07, 6.45) is 1.28. The number of nitrogens with zero attached hydrogens (tertiary/aromatic N) is 5. The van der Waals surface area contributed by atoms with Gasteiger partial charge in [0, 0.05) is 0 Å². The quantitative estimate of drug-likeness (QED) is 0.696. The zero-order chi connectivity index (χ0) is 14.8. The Morgan fingerprint density at radius 1 is 1.24 bits per heavy atom. The molecule has 0 spiro atoms. The van der Waals surface area contributed by atoms with Crippen molar-refractivity contribution in [2.45, 2.75) is 13.1 Å². The number of amides is 1. The fourth-order valence-corrected chi connectivity index (χ4v) is 2.03. The molecule has 0 aliphatic rings. The zero-order valence-electron chi connectivity index (χ0n) is 11.0. The third-order valence-corrected chi connectivity index (χ3v) is 2.99. The number of hydrogen-bond donors (Lipinski definition) is 1. The average molecular weight is 284 g/mol. The Kier molecular flexibility index (Phi) is 3.19. The Balaban J connectivity index is 2.02. The number of hydrogen-bond acceptors (Lipinski definition) is 5. The second-order valence-electron chi connectivity index (χ2n) is 4.55. The van der Waals surface area contributed by atoms with Crippen LogP contribution in [-0.4, -0.2) is 30.5 Å². The van der Waals surface area contributed by atoms with E-state index in [0.29, 0.717) is 12.2 Å². The van der Waals surface area contributed by atoms with Gasteiger partial charge in [-0.05, 0) is 5.56 Å². The van der Waals surface area contributed by atoms with Crippen molar-refractivity contribution in [2.75, 3.05) is 0 Å². The Hall–Kier alpha value is -3.03. The molecule has 2 heterocycles. The minimum atomic E-state index is -0.616. The predicted octanol–water partition coefficient (Wildman–Crippen LogP) is -0.478. The van der Waals surface area contributed by atoms with E-state index in [1.807, 2.05) is 30.3 Å². The molecule has 0 saturated heterocycles. The summed E-state index contributed by atoms with van der Waals surface area (Å²) in [4.78, 5) is 27.2. The third kappa shape index (κ3) is 2.50. The van der Waals surface area contributed by atoms with Crippen molar-refractivity contribution in [3.63, 3.8) is 0 Å². The van der Waals surface area contributed by atoms with Gasteiger partial charge in [0.25, 0.3) is 5.56 Å². The maximum absolute atomic E-state index is 12.1. The lowest BCUT2D eigenvalue weighted by molar-refractivity contribution is -0.118. The van der Waals surface area contributed by atoms with E-state index in [2.05, 4.69) is 15.3 Å². The highest BCUT2D eigenvalue weighted by molar-refractivity contribution is 5.74. The summed E-state index contributed by atoms with van der Waals surface area (Å²) >= 11 is 0. The Morgan fingerprint density at radius 3 is 2.71 bits per heavy atom. The minimum Gasteiger partial charge on any atom is -0.368 e. The van der Waals surface area contributed by atoms with E-state index < -0.39 is 11.5 Å². The highest BCUT2D eigenvalue weighted by Crippen LogP contribution is 2.06. The summed E-state index contributed by atoms with van der Waals surface area (Å²) in [6, 6.07) is 9.65. The van der Waals surface area contributed by atoms with Crippen LogP contribution in [0.5, 0.6) is 0 Å². The van der Waals surface area contributed by atoms with Gasteiger partial charge in [-0.1, -0.05) is 35.5 Å². The summed E-state index contributed by atoms with van der Waals surface area (Å²) in [6.45, 7) is 0.233. The number of carbonyl (C=O) groups excluding carboxylic acids is 1. The minimum absolute atomic E-state index is 0.120. The number of carbonyl (C=O) groups is 1. The lowest BCUT2D eigenvalue weighted by Gasteiger charge is -2.03. The molecule has 1 amide bonds. The first-order chi connectivity index (χ1) is 10.1. The number of aromatic nitrogens is 5. The van der Waals surface area contributed by atoms with Crippen LogP contribution in [0.2, 0.25) is 0 Å². The van der Waals surface area contributed by atoms with Crippen molar-refractivity contribution in [1.82, 2.24) is 24.5 Å². The molecule has 0 saturated carbocycles. The number of primary amides is 1. The first-order valence-corrected chi connectivity index (χ1v) is 6.26. The maximum atomic E-state index is 12.1. The summed E-state index contributed by atoms with van der Waals surface area (Å²) in [5.41, 5.74) is 6.16. The van der Waals surface area contributed by atoms with Gasteiger partial charge < -0.3 is 5.73 Å². The van der Waals surface area contributed by atoms with Gasteiger partial charge in [0.2, 0.25) is 5.91 Å². The molecule has 106 valence electrons. The second kappa shape index (κ2) is 5.16. The predicted molar refractivity (Wildman–Crippen MR) is 74.3 cm³/mol. The van der Waals surface area contributed by atoms with E-state index in [1.165, 1.54) is 6.33 Å². The Labute approximate surface area is 118 Å². The van der Waals surface area contributed by atoms with Crippen LogP contribution < -0.4 is 11.3 Å². The van der Waals surface area contributed by atoms with E-state index in [1.54, 1.807) is 4.68 Å². The molecule has 8 nitrogen and oxygen atoms in total. The van der Waals surface area contributed by atoms with Crippen LogP contribution in [0, 0.1) is 0 Å². The van der Waals surface area contributed by atoms with Gasteiger partial charge in [0.15, 0.2) is 11.2 Å². The smallest absolute Gasteiger partial charge is 0.283 e. The van der Waals surface area contributed by atoms with Crippen molar-refractivity contribution in [2.24, 2.45) is 5.73 Å². The van der Waals surface area contributed by atoms with E-state index >= 15 is 0 Å². The van der Waals surface area contributed by atoms with Crippen LogP contribution in [0.3, 0.4) is 0 Å². The molecule has 3 rings (SSSR count). The number of rotatable bonds is 4. The molecule has 0 fully saturated rings. The van der Waals surface area contributed by atoms with Crippen molar-refractivity contribution in [1.29, 1.82) is 0 Å². The van der Waals surface area contributed by atoms with Gasteiger partial charge >= 0.3 is 0 Å². The molecule has 2 aromatic heterocycles. The molecule has 1 aromatic carbocycles. The number of benzene rings is 1. The fourth-order valence-electron chi connectivity index (χ4n) is 2.03. The number of nitrogens with two attached hydrogens (primary N) is 1. The van der Waals surface area contributed by atoms with Crippen LogP contribution in [0.15, 0.2) is 41.5 Å². The lowest BCUT2D eigenvalue weighted by Crippen LogP contribution is -2.28. The van der Waals surface area contributed by atoms with Crippen LogP contribution in [0.4, 0.5) is 0 Å². The topological polar surface area (TPSA) is 109 Å². The van der Waals surface area contributed by atoms with E-state index in [-0.39, 0.29) is 12.1 Å². The molecule has 3 aromatic rings. The van der Waals surface area contributed by atoms with Gasteiger partial charge in [-0.3, -0.25) is 14.2 Å². The average Bonchev–Trinajstić information content (AvgIpc) is 2.87. The van der Waals surface area contributed by atoms with Crippen molar-refractivity contribution in [3.05, 3.63) is 52.6 Å². The standard InChI is InChI=1S/C13H12N6O2/c14-10(20)7-18-8-15-12-11(13(18)21)16-17-19(12)6-9-4-2-1-3-5-9/h1-5,8H,6-7H2,(H2,14,20). The summed E-state index contributed by atoms with van der Waals surface area (Å²) < 4.78 is 2.66. The Morgan fingerprint density at radius 2 is 2.00 bits per heavy atom. The van der Waals surface area contributed by atoms with E-state index in [9.17, 15) is 9.59 Å². The second-order valence-corrected chi connectivity index (χ2v) is 4.55. The highest BCUT2D eigenvalue weighted by Gasteiger charge is 2.12. The van der Waals surface area contributed by atoms with Gasteiger partial charge in [-0.2, -0.15) is 0 Å². The summed E-state index contributed by atoms with van der Waals surface area (Å²) in [5, 5.41) is 7.79. The van der Waals surface area contributed by atoms with Gasteiger partial charge in [0.1, 0.15) is 12.9 Å². The molecule has 0 radical (unpaired) electrons. The molecule has 21 heavy (non-hydrogen) atoms. The number of fused-ring (bicyclic) bond motifs is 1. The van der Waals surface area contributed by atoms with Gasteiger partial charge in [-0.15, -0.1) is 5.10 Å². The van der Waals surface area contributed by atoms with Gasteiger partial charge in [-0.25, -0.2) is 9.67 Å². The van der Waals surface area contributed by atoms with Crippen molar-refractivity contribution in [3.8, 4) is 0 Å². The molecule has 2 N–H and O–H groups in total. The van der Waals surface area contributed by atoms with Gasteiger partial charge in [0.05, 0.1) is 6.54 Å². The highest BCUT2D eigenvalue weighted by atomic mass is 16.2. The van der Waals surface area contributed by atoms with Crippen LogP contribution in [0.1, 0.15) is 5.56 Å². The summed E-state index contributed by atoms with van der Waals surface area (Å²) in [5.74, 6) is -0.616. The molecule has 0 atom stereocenters. The summed E-state index contributed by atoms with van der Waals surface area (Å²) in [7, 11) is 0. The van der Waals surface area contributed by atoms with Crippen LogP contribution in [0.25, 0.3) is 11.2 Å². The molecule has 0 unspecified atom stereocenters. The monoisotopic (exact) mass is 284 g/mol. The van der Waals surface area contributed by atoms with Crippen LogP contribution in [-0.2, 0) is 17.9 Å². The molecule has 0 bridgehead atoms. The van der Waals surface area contributed by atoms with Crippen LogP contribution >= 0.6 is 0 Å². The molecule has 0 aliphatic carbocycles. The largest absolute Gasteiger partial charge is 0.368 e. The van der Waals surface area contributed by atoms with Crippen molar-refractivity contribution < 1.29 is 4.79 Å². The van der Waals surface area contributed by atoms with E-state index in [0.717, 1.165) is 10.1 Å². The van der Waals surface area contributed by atoms with E-state index in [4.69, 9.17) is 5.73 Å². The lowest BCUT2D eigenvalue weighted by atomic mass is 10.2. The molecule has 8 heteroatoms. The third-order valence-electron chi connectivity index (χ3n) is 2.99. The normalized spacial score (nSPS) is 10.9. The molecule has 0 aliphatic heterocycles. The maximum Gasteiger partial charge on any atom is 0.283 e. The SMILES string of the molecule is NC(=O)Cn1cnc2c(nnn2Cc2ccccc2)c1=O. The Bertz CT molecular complexity index is 852. The first kappa shape index (κ1) is 13.0. The van der Waals surface area contributed by atoms with Crippen molar-refractivity contribution >= 4 is 17.1 Å².